The predicted octanol–water partition coefficient (Wildman–Crippen LogP) is 3.22. The third-order valence-corrected chi connectivity index (χ3v) is 4.21. The lowest BCUT2D eigenvalue weighted by Crippen LogP contribution is -2.21. The summed E-state index contributed by atoms with van der Waals surface area (Å²) in [7, 11) is 1.63. The highest BCUT2D eigenvalue weighted by molar-refractivity contribution is 5.62. The van der Waals surface area contributed by atoms with E-state index in [2.05, 4.69) is 46.7 Å². The van der Waals surface area contributed by atoms with Crippen molar-refractivity contribution in [3.05, 3.63) is 71.4 Å². The first kappa shape index (κ1) is 17.2. The zero-order chi connectivity index (χ0) is 17.6. The van der Waals surface area contributed by atoms with Gasteiger partial charge in [-0.3, -0.25) is 5.10 Å². The highest BCUT2D eigenvalue weighted by Crippen LogP contribution is 2.22. The number of nitrogens with one attached hydrogen (secondary N) is 2. The Balaban J connectivity index is 1.59. The van der Waals surface area contributed by atoms with E-state index in [1.807, 2.05) is 30.5 Å². The van der Waals surface area contributed by atoms with E-state index in [1.54, 1.807) is 7.11 Å². The molecule has 3 rings (SSSR count). The Bertz CT molecular complexity index is 795. The van der Waals surface area contributed by atoms with Gasteiger partial charge in [-0.1, -0.05) is 42.0 Å². The molecule has 2 aromatic carbocycles. The van der Waals surface area contributed by atoms with Gasteiger partial charge in [-0.05, 0) is 30.2 Å². The average Bonchev–Trinajstić information content (AvgIpc) is 3.11. The lowest BCUT2D eigenvalue weighted by Gasteiger charge is -2.13. The van der Waals surface area contributed by atoms with E-state index in [1.165, 1.54) is 5.56 Å². The van der Waals surface area contributed by atoms with Crippen molar-refractivity contribution >= 4 is 0 Å². The van der Waals surface area contributed by atoms with Crippen molar-refractivity contribution < 1.29 is 9.84 Å². The predicted molar refractivity (Wildman–Crippen MR) is 98.4 cm³/mol. The molecule has 25 heavy (non-hydrogen) atoms. The van der Waals surface area contributed by atoms with Crippen LogP contribution in [-0.2, 0) is 6.54 Å². The van der Waals surface area contributed by atoms with Crippen LogP contribution in [0.1, 0.15) is 22.8 Å². The van der Waals surface area contributed by atoms with Crippen LogP contribution in [0.2, 0.25) is 0 Å². The summed E-state index contributed by atoms with van der Waals surface area (Å²) in [4.78, 5) is 0. The molecule has 0 bridgehead atoms. The number of rotatable bonds is 7. The molecule has 0 amide bonds. The van der Waals surface area contributed by atoms with Crippen LogP contribution in [0.25, 0.3) is 11.3 Å². The maximum absolute atomic E-state index is 10.3. The molecule has 3 N–H and O–H groups in total. The summed E-state index contributed by atoms with van der Waals surface area (Å²) in [5.74, 6) is 0.782. The summed E-state index contributed by atoms with van der Waals surface area (Å²) in [6.45, 7) is 3.16. The van der Waals surface area contributed by atoms with Crippen LogP contribution in [0, 0.1) is 6.92 Å². The van der Waals surface area contributed by atoms with E-state index >= 15 is 0 Å². The Morgan fingerprint density at radius 2 is 1.84 bits per heavy atom. The Hall–Kier alpha value is -2.63. The number of aryl methyl sites for hydroxylation is 1. The number of nitrogens with zero attached hydrogens (tertiary/aromatic N) is 1. The summed E-state index contributed by atoms with van der Waals surface area (Å²) in [6.07, 6.45) is 1.25. The monoisotopic (exact) mass is 337 g/mol. The summed E-state index contributed by atoms with van der Waals surface area (Å²) < 4.78 is 5.13. The normalized spacial score (nSPS) is 12.1. The number of methoxy groups -OCH3 is 1. The van der Waals surface area contributed by atoms with Gasteiger partial charge >= 0.3 is 0 Å². The second kappa shape index (κ2) is 7.96. The topological polar surface area (TPSA) is 70.2 Å². The first-order valence-corrected chi connectivity index (χ1v) is 8.29. The zero-order valence-corrected chi connectivity index (χ0v) is 14.5. The number of aliphatic hydroxyl groups is 1. The van der Waals surface area contributed by atoms with Gasteiger partial charge in [0.1, 0.15) is 5.75 Å². The molecule has 0 fully saturated rings. The third kappa shape index (κ3) is 4.26. The Morgan fingerprint density at radius 3 is 2.52 bits per heavy atom. The Labute approximate surface area is 147 Å². The molecule has 0 aliphatic rings. The molecule has 0 spiro atoms. The van der Waals surface area contributed by atoms with E-state index in [0.717, 1.165) is 28.1 Å². The van der Waals surface area contributed by atoms with E-state index in [0.29, 0.717) is 13.1 Å². The van der Waals surface area contributed by atoms with Gasteiger partial charge in [-0.25, -0.2) is 0 Å². The first-order valence-electron chi connectivity index (χ1n) is 8.29. The largest absolute Gasteiger partial charge is 0.497 e. The van der Waals surface area contributed by atoms with Crippen LogP contribution < -0.4 is 10.1 Å². The zero-order valence-electron chi connectivity index (χ0n) is 14.5. The molecule has 0 saturated carbocycles. The van der Waals surface area contributed by atoms with Gasteiger partial charge in [-0.2, -0.15) is 5.10 Å². The maximum Gasteiger partial charge on any atom is 0.118 e. The second-order valence-corrected chi connectivity index (χ2v) is 6.06. The molecule has 5 nitrogen and oxygen atoms in total. The van der Waals surface area contributed by atoms with Crippen molar-refractivity contribution in [3.63, 3.8) is 0 Å². The van der Waals surface area contributed by atoms with Crippen molar-refractivity contribution in [3.8, 4) is 17.0 Å². The van der Waals surface area contributed by atoms with Crippen LogP contribution in [-0.4, -0.2) is 29.0 Å². The maximum atomic E-state index is 10.3. The molecule has 0 saturated heterocycles. The molecule has 1 heterocycles. The molecule has 0 aliphatic heterocycles. The van der Waals surface area contributed by atoms with E-state index in [-0.39, 0.29) is 0 Å². The molecule has 1 aromatic heterocycles. The van der Waals surface area contributed by atoms with Crippen LogP contribution in [0.15, 0.2) is 54.7 Å². The fourth-order valence-electron chi connectivity index (χ4n) is 2.70. The lowest BCUT2D eigenvalue weighted by atomic mass is 10.1. The highest BCUT2D eigenvalue weighted by Gasteiger charge is 2.10. The van der Waals surface area contributed by atoms with Gasteiger partial charge in [0.05, 0.1) is 25.1 Å². The van der Waals surface area contributed by atoms with Crippen LogP contribution in [0.5, 0.6) is 5.75 Å². The standard InChI is InChI=1S/C20H23N3O2/c1-14-3-5-16(6-4-14)20-17(12-22-23-20)11-21-13-19(24)15-7-9-18(25-2)10-8-15/h3-10,12,19,21,24H,11,13H2,1-2H3,(H,22,23). The summed E-state index contributed by atoms with van der Waals surface area (Å²) in [5, 5.41) is 20.8. The molecule has 1 atom stereocenters. The van der Waals surface area contributed by atoms with E-state index in [4.69, 9.17) is 4.74 Å². The van der Waals surface area contributed by atoms with Crippen molar-refractivity contribution in [2.75, 3.05) is 13.7 Å². The fraction of sp³-hybridized carbons (Fsp3) is 0.250. The number of H-pyrrole nitrogens is 1. The minimum atomic E-state index is -0.569. The number of hydrogen-bond acceptors (Lipinski definition) is 4. The van der Waals surface area contributed by atoms with Crippen LogP contribution in [0.4, 0.5) is 0 Å². The Morgan fingerprint density at radius 1 is 1.12 bits per heavy atom. The lowest BCUT2D eigenvalue weighted by molar-refractivity contribution is 0.174. The van der Waals surface area contributed by atoms with Crippen molar-refractivity contribution in [1.82, 2.24) is 15.5 Å². The number of aromatic nitrogens is 2. The van der Waals surface area contributed by atoms with Crippen LogP contribution >= 0.6 is 0 Å². The number of ether oxygens (including phenoxy) is 1. The van der Waals surface area contributed by atoms with Crippen molar-refractivity contribution in [1.29, 1.82) is 0 Å². The molecule has 130 valence electrons. The number of benzene rings is 2. The number of hydrogen-bond donors (Lipinski definition) is 3. The fourth-order valence-corrected chi connectivity index (χ4v) is 2.70. The smallest absolute Gasteiger partial charge is 0.118 e. The van der Waals surface area contributed by atoms with Gasteiger partial charge in [0.25, 0.3) is 0 Å². The highest BCUT2D eigenvalue weighted by atomic mass is 16.5. The molecular formula is C20H23N3O2. The number of aromatic amines is 1. The summed E-state index contributed by atoms with van der Waals surface area (Å²) >= 11 is 0. The van der Waals surface area contributed by atoms with Gasteiger partial charge < -0.3 is 15.2 Å². The first-order chi connectivity index (χ1) is 12.2. The minimum Gasteiger partial charge on any atom is -0.497 e. The molecule has 1 unspecified atom stereocenters. The Kier molecular flexibility index (Phi) is 5.48. The van der Waals surface area contributed by atoms with E-state index < -0.39 is 6.10 Å². The van der Waals surface area contributed by atoms with Crippen molar-refractivity contribution in [2.24, 2.45) is 0 Å². The second-order valence-electron chi connectivity index (χ2n) is 6.06. The van der Waals surface area contributed by atoms with Gasteiger partial charge in [0, 0.05) is 18.7 Å². The molecular weight excluding hydrogens is 314 g/mol. The molecule has 5 heteroatoms. The molecule has 0 radical (unpaired) electrons. The van der Waals surface area contributed by atoms with Gasteiger partial charge in [0.2, 0.25) is 0 Å². The third-order valence-electron chi connectivity index (χ3n) is 4.21. The summed E-state index contributed by atoms with van der Waals surface area (Å²) in [5.41, 5.74) is 5.28. The SMILES string of the molecule is COc1ccc(C(O)CNCc2cn[nH]c2-c2ccc(C)cc2)cc1. The molecule has 3 aromatic rings. The molecule has 0 aliphatic carbocycles. The summed E-state index contributed by atoms with van der Waals surface area (Å²) in [6, 6.07) is 15.8. The van der Waals surface area contributed by atoms with Gasteiger partial charge in [0.15, 0.2) is 0 Å². The van der Waals surface area contributed by atoms with E-state index in [9.17, 15) is 5.11 Å². The number of aliphatic hydroxyl groups excluding tert-OH is 1. The van der Waals surface area contributed by atoms with Crippen molar-refractivity contribution in [2.45, 2.75) is 19.6 Å². The quantitative estimate of drug-likeness (QED) is 0.619. The van der Waals surface area contributed by atoms with Crippen LogP contribution in [0.3, 0.4) is 0 Å². The minimum absolute atomic E-state index is 0.463. The average molecular weight is 337 g/mol. The van der Waals surface area contributed by atoms with Gasteiger partial charge in [-0.15, -0.1) is 0 Å².